The number of aliphatic imine (C=N–C) groups is 1. The fourth-order valence-electron chi connectivity index (χ4n) is 8.71. The van der Waals surface area contributed by atoms with Gasteiger partial charge in [0.05, 0.1) is 18.2 Å². The van der Waals surface area contributed by atoms with Gasteiger partial charge in [-0.3, -0.25) is 33.8 Å². The molecule has 13 nitrogen and oxygen atoms in total. The molecule has 1 unspecified atom stereocenters. The number of Topliss-reactive ketones (excluding diaryl/α,β-unsaturated/α-hetero) is 1. The second-order valence-electron chi connectivity index (χ2n) is 16.3. The lowest BCUT2D eigenvalue weighted by molar-refractivity contribution is -0.145. The number of amides is 5. The van der Waals surface area contributed by atoms with Gasteiger partial charge in [-0.1, -0.05) is 59.8 Å². The fraction of sp³-hybridized carbons (Fsp3) is 0.757. The minimum absolute atomic E-state index is 0.0148. The average Bonchev–Trinajstić information content (AvgIpc) is 3.64. The first-order valence-electron chi connectivity index (χ1n) is 18.8. The molecule has 5 N–H and O–H groups in total. The summed E-state index contributed by atoms with van der Waals surface area (Å²) in [6, 6.07) is -2.72. The number of nitrogens with one attached hydrogen (secondary N) is 5. The van der Waals surface area contributed by atoms with Crippen molar-refractivity contribution in [3.05, 3.63) is 12.4 Å². The number of hydrogen-bond donors (Lipinski definition) is 5. The van der Waals surface area contributed by atoms with E-state index in [1.165, 1.54) is 0 Å². The first-order chi connectivity index (χ1) is 23.9. The summed E-state index contributed by atoms with van der Waals surface area (Å²) >= 11 is 0. The van der Waals surface area contributed by atoms with Gasteiger partial charge in [0, 0.05) is 25.0 Å². The van der Waals surface area contributed by atoms with E-state index in [0.717, 1.165) is 64.2 Å². The van der Waals surface area contributed by atoms with Crippen LogP contribution in [0.25, 0.3) is 0 Å². The highest BCUT2D eigenvalue weighted by Crippen LogP contribution is 2.43. The molecule has 13 heteroatoms. The van der Waals surface area contributed by atoms with Crippen LogP contribution in [0.1, 0.15) is 111 Å². The maximum atomic E-state index is 14.7. The van der Waals surface area contributed by atoms with Gasteiger partial charge in [0.1, 0.15) is 12.1 Å². The minimum atomic E-state index is -1.27. The number of fused-ring (bicyclic) bond motifs is 1. The first kappa shape index (κ1) is 37.5. The van der Waals surface area contributed by atoms with E-state index < -0.39 is 47.3 Å². The van der Waals surface area contributed by atoms with E-state index in [4.69, 9.17) is 0 Å². The summed E-state index contributed by atoms with van der Waals surface area (Å²) in [6.07, 6.45) is 15.4. The molecule has 4 fully saturated rings. The van der Waals surface area contributed by atoms with E-state index in [1.54, 1.807) is 23.5 Å². The predicted molar refractivity (Wildman–Crippen MR) is 188 cm³/mol. The number of rotatable bonds is 15. The van der Waals surface area contributed by atoms with Crippen LogP contribution in [-0.2, 0) is 28.8 Å². The molecular formula is C37H57N7O6. The van der Waals surface area contributed by atoms with E-state index >= 15 is 0 Å². The molecule has 0 aromatic rings. The number of hydrogen-bond acceptors (Lipinski definition) is 8. The largest absolute Gasteiger partial charge is 0.362 e. The molecular weight excluding hydrogens is 638 g/mol. The second-order valence-corrected chi connectivity index (χ2v) is 16.3. The Morgan fingerprint density at radius 2 is 1.72 bits per heavy atom. The molecule has 0 aromatic heterocycles. The van der Waals surface area contributed by atoms with Gasteiger partial charge in [-0.2, -0.15) is 0 Å². The summed E-state index contributed by atoms with van der Waals surface area (Å²) in [5, 5.41) is 14.8. The molecule has 50 heavy (non-hydrogen) atoms. The number of nitrogens with zero attached hydrogens (tertiary/aromatic N) is 2. The predicted octanol–water partition coefficient (Wildman–Crippen LogP) is 2.45. The first-order valence-corrected chi connectivity index (χ1v) is 18.8. The Hall–Kier alpha value is -3.77. The lowest BCUT2D eigenvalue weighted by Gasteiger charge is -2.43. The molecule has 0 bridgehead atoms. The third kappa shape index (κ3) is 8.74. The third-order valence-electron chi connectivity index (χ3n) is 11.2. The molecule has 5 amide bonds. The van der Waals surface area contributed by atoms with E-state index in [9.17, 15) is 28.8 Å². The number of carbonyl (C=O) groups excluding carboxylic acids is 6. The van der Waals surface area contributed by atoms with Crippen LogP contribution in [0, 0.1) is 29.1 Å². The van der Waals surface area contributed by atoms with Crippen LogP contribution < -0.4 is 26.6 Å². The Morgan fingerprint density at radius 1 is 0.980 bits per heavy atom. The number of likely N-dealkylation sites (tertiary alicyclic amines) is 1. The topological polar surface area (TPSA) is 178 Å². The Kier molecular flexibility index (Phi) is 12.0. The Morgan fingerprint density at radius 3 is 2.34 bits per heavy atom. The van der Waals surface area contributed by atoms with Gasteiger partial charge >= 0.3 is 0 Å². The van der Waals surface area contributed by atoms with Gasteiger partial charge in [-0.05, 0) is 74.5 Å². The molecule has 3 saturated carbocycles. The van der Waals surface area contributed by atoms with Crippen molar-refractivity contribution in [1.82, 2.24) is 31.5 Å². The summed E-state index contributed by atoms with van der Waals surface area (Å²) < 4.78 is 0. The molecule has 2 heterocycles. The lowest BCUT2D eigenvalue weighted by Crippen LogP contribution is -2.68. The quantitative estimate of drug-likeness (QED) is 0.129. The zero-order chi connectivity index (χ0) is 36.1. The zero-order valence-electron chi connectivity index (χ0n) is 30.2. The monoisotopic (exact) mass is 695 g/mol. The fourth-order valence-corrected chi connectivity index (χ4v) is 8.71. The van der Waals surface area contributed by atoms with Crippen LogP contribution >= 0.6 is 0 Å². The van der Waals surface area contributed by atoms with Gasteiger partial charge < -0.3 is 31.5 Å². The van der Waals surface area contributed by atoms with Crippen molar-refractivity contribution in [3.8, 4) is 0 Å². The van der Waals surface area contributed by atoms with E-state index in [2.05, 4.69) is 31.6 Å². The summed E-state index contributed by atoms with van der Waals surface area (Å²) in [7, 11) is 0. The molecule has 1 saturated heterocycles. The highest BCUT2D eigenvalue weighted by Gasteiger charge is 2.53. The van der Waals surface area contributed by atoms with Crippen molar-refractivity contribution >= 4 is 42.0 Å². The summed E-state index contributed by atoms with van der Waals surface area (Å²) in [5.74, 6) is -3.24. The van der Waals surface area contributed by atoms with Gasteiger partial charge in [-0.15, -0.1) is 0 Å². The summed E-state index contributed by atoms with van der Waals surface area (Å²) in [6.45, 7) is 8.29. The molecule has 0 aromatic carbocycles. The molecule has 2 aliphatic heterocycles. The molecule has 3 aliphatic carbocycles. The molecule has 5 aliphatic rings. The zero-order valence-corrected chi connectivity index (χ0v) is 30.2. The van der Waals surface area contributed by atoms with Crippen molar-refractivity contribution in [2.45, 2.75) is 141 Å². The molecule has 5 rings (SSSR count). The Bertz CT molecular complexity index is 1350. The molecule has 0 radical (unpaired) electrons. The van der Waals surface area contributed by atoms with Crippen LogP contribution in [0.3, 0.4) is 0 Å². The molecule has 0 spiro atoms. The summed E-state index contributed by atoms with van der Waals surface area (Å²) in [5.41, 5.74) is -1.63. The third-order valence-corrected chi connectivity index (χ3v) is 11.2. The molecule has 276 valence electrons. The maximum absolute atomic E-state index is 14.7. The lowest BCUT2D eigenvalue weighted by atomic mass is 9.73. The normalized spacial score (nSPS) is 28.1. The standard InChI is InChI=1S/C37H57N7O6/c1-5-10-27(31(46)34(49)41-25-15-16-25)42-33(48)30-26-14-9-13-24(26)20-44(30)35(50)28(19-36(2,3)4)43-32(47)29(23-11-7-6-8-12-23)37(40-22-45)21-38-17-18-39-37/h17-18,21-30,39H,5-16,19-20H2,1-4H3,(H,40,45)(H,41,49)(H,42,48)(H,43,47)/t24-,26-,27-,28-,29?,30-,37+/m0/s1. The smallest absolute Gasteiger partial charge is 0.289 e. The highest BCUT2D eigenvalue weighted by molar-refractivity contribution is 6.38. The van der Waals surface area contributed by atoms with E-state index in [0.29, 0.717) is 32.2 Å². The second kappa shape index (κ2) is 16.1. The van der Waals surface area contributed by atoms with E-state index in [1.807, 2.05) is 27.7 Å². The maximum Gasteiger partial charge on any atom is 0.289 e. The van der Waals surface area contributed by atoms with Gasteiger partial charge in [0.2, 0.25) is 29.9 Å². The van der Waals surface area contributed by atoms with Crippen LogP contribution in [0.15, 0.2) is 17.4 Å². The van der Waals surface area contributed by atoms with Crippen molar-refractivity contribution in [1.29, 1.82) is 0 Å². The molecule has 7 atom stereocenters. The SMILES string of the molecule is CCC[C@H](NC(=O)[C@@H]1[C@H]2CCC[C@H]2CN1C(=O)[C@H](CC(C)(C)C)NC(=O)C(C1CCCCC1)[C@]1(NC=O)C=NC=CN1)C(=O)C(=O)NC1CC1. The van der Waals surface area contributed by atoms with Crippen LogP contribution in [0.5, 0.6) is 0 Å². The summed E-state index contributed by atoms with van der Waals surface area (Å²) in [4.78, 5) is 87.2. The van der Waals surface area contributed by atoms with Crippen LogP contribution in [0.4, 0.5) is 0 Å². The van der Waals surface area contributed by atoms with E-state index in [-0.39, 0.29) is 41.0 Å². The average molecular weight is 696 g/mol. The number of ketones is 1. The highest BCUT2D eigenvalue weighted by atomic mass is 16.2. The van der Waals surface area contributed by atoms with Crippen molar-refractivity contribution in [2.75, 3.05) is 6.54 Å². The number of carbonyl (C=O) groups is 6. The van der Waals surface area contributed by atoms with Gasteiger partial charge in [0.25, 0.3) is 5.91 Å². The van der Waals surface area contributed by atoms with Crippen molar-refractivity contribution in [2.24, 2.45) is 34.1 Å². The Balaban J connectivity index is 1.41. The minimum Gasteiger partial charge on any atom is -0.362 e. The van der Waals surface area contributed by atoms with Gasteiger partial charge in [-0.25, -0.2) is 0 Å². The van der Waals surface area contributed by atoms with Crippen LogP contribution in [-0.4, -0.2) is 83.3 Å². The van der Waals surface area contributed by atoms with Crippen LogP contribution in [0.2, 0.25) is 0 Å². The van der Waals surface area contributed by atoms with Gasteiger partial charge in [0.15, 0.2) is 5.66 Å². The van der Waals surface area contributed by atoms with Crippen molar-refractivity contribution < 1.29 is 28.8 Å². The van der Waals surface area contributed by atoms with Crippen molar-refractivity contribution in [3.63, 3.8) is 0 Å². The Labute approximate surface area is 296 Å².